The molecular weight excluding hydrogens is 430 g/mol. The summed E-state index contributed by atoms with van der Waals surface area (Å²) in [7, 11) is 3.62. The molecule has 2 aromatic heterocycles. The molecule has 0 unspecified atom stereocenters. The number of carbonyl (C=O) groups excluding carboxylic acids is 1. The number of ether oxygens (including phenoxy) is 3. The van der Waals surface area contributed by atoms with Gasteiger partial charge in [0.1, 0.15) is 24.0 Å². The van der Waals surface area contributed by atoms with Crippen LogP contribution in [0.1, 0.15) is 27.0 Å². The van der Waals surface area contributed by atoms with E-state index in [2.05, 4.69) is 9.88 Å². The van der Waals surface area contributed by atoms with Crippen molar-refractivity contribution in [1.29, 1.82) is 0 Å². The van der Waals surface area contributed by atoms with Gasteiger partial charge in [0.2, 0.25) is 5.78 Å². The summed E-state index contributed by atoms with van der Waals surface area (Å²) in [6.07, 6.45) is 7.42. The summed E-state index contributed by atoms with van der Waals surface area (Å²) in [5.74, 6) is 2.29. The van der Waals surface area contributed by atoms with Crippen molar-refractivity contribution in [2.24, 2.45) is 7.05 Å². The topological polar surface area (TPSA) is 65.8 Å². The summed E-state index contributed by atoms with van der Waals surface area (Å²) in [5, 5.41) is 0.995. The number of carbonyl (C=O) groups is 1. The van der Waals surface area contributed by atoms with Gasteiger partial charge in [-0.25, -0.2) is 0 Å². The highest BCUT2D eigenvalue weighted by Gasteiger charge is 2.33. The normalized spacial score (nSPS) is 16.3. The fourth-order valence-corrected chi connectivity index (χ4v) is 4.64. The third-order valence-electron chi connectivity index (χ3n) is 6.33. The molecule has 0 atom stereocenters. The average molecular weight is 453 g/mol. The molecule has 0 N–H and O–H groups in total. The maximum atomic E-state index is 13.2. The van der Waals surface area contributed by atoms with Crippen LogP contribution in [-0.4, -0.2) is 34.1 Å². The number of ketones is 1. The smallest absolute Gasteiger partial charge is 0.231 e. The molecule has 7 nitrogen and oxygen atoms in total. The highest BCUT2D eigenvalue weighted by atomic mass is 16.5. The number of aromatic nitrogens is 2. The molecule has 0 amide bonds. The monoisotopic (exact) mass is 453 g/mol. The molecule has 2 aliphatic heterocycles. The lowest BCUT2D eigenvalue weighted by molar-refractivity contribution is 0.0872. The lowest BCUT2D eigenvalue weighted by Gasteiger charge is -2.29. The number of aryl methyl sites for hydroxylation is 1. The van der Waals surface area contributed by atoms with Crippen molar-refractivity contribution in [2.45, 2.75) is 13.1 Å². The van der Waals surface area contributed by atoms with Crippen LogP contribution in [0.15, 0.2) is 66.8 Å². The number of pyridine rings is 1. The highest BCUT2D eigenvalue weighted by molar-refractivity contribution is 6.15. The van der Waals surface area contributed by atoms with Gasteiger partial charge in [-0.1, -0.05) is 6.07 Å². The van der Waals surface area contributed by atoms with E-state index in [9.17, 15) is 4.79 Å². The second kappa shape index (κ2) is 8.04. The summed E-state index contributed by atoms with van der Waals surface area (Å²) >= 11 is 0. The first-order valence-electron chi connectivity index (χ1n) is 11.1. The molecule has 0 saturated heterocycles. The molecule has 0 saturated carbocycles. The molecule has 0 spiro atoms. The molecule has 4 heterocycles. The van der Waals surface area contributed by atoms with Crippen molar-refractivity contribution in [3.05, 3.63) is 89.1 Å². The molecular formula is C27H23N3O4. The number of hydrogen-bond donors (Lipinski definition) is 0. The molecule has 2 aliphatic rings. The summed E-state index contributed by atoms with van der Waals surface area (Å²) < 4.78 is 19.6. The van der Waals surface area contributed by atoms with Gasteiger partial charge >= 0.3 is 0 Å². The zero-order valence-corrected chi connectivity index (χ0v) is 18.9. The van der Waals surface area contributed by atoms with Crippen LogP contribution in [0.4, 0.5) is 0 Å². The number of hydrogen-bond acceptors (Lipinski definition) is 6. The lowest BCUT2D eigenvalue weighted by atomic mass is 10.0. The van der Waals surface area contributed by atoms with Crippen LogP contribution in [0.2, 0.25) is 0 Å². The molecule has 34 heavy (non-hydrogen) atoms. The molecule has 0 radical (unpaired) electrons. The van der Waals surface area contributed by atoms with Crippen molar-refractivity contribution in [1.82, 2.24) is 14.5 Å². The number of Topliss-reactive ketones (excluding diaryl/α,β-unsaturated/α-hetero) is 1. The Kier molecular flexibility index (Phi) is 4.85. The fraction of sp³-hybridized carbons (Fsp3) is 0.185. The second-order valence-corrected chi connectivity index (χ2v) is 8.56. The number of rotatable bonds is 4. The van der Waals surface area contributed by atoms with Crippen LogP contribution in [0, 0.1) is 0 Å². The Balaban J connectivity index is 1.33. The molecule has 6 rings (SSSR count). The minimum Gasteiger partial charge on any atom is -0.497 e. The largest absolute Gasteiger partial charge is 0.497 e. The molecule has 0 bridgehead atoms. The Morgan fingerprint density at radius 2 is 2.12 bits per heavy atom. The SMILES string of the molecule is COc1ccc2c(c1)c(/C=C1\Oc3c(ccc4c3CN(Cc3cccnc3)CO4)C1=O)cn2C. The molecule has 0 aliphatic carbocycles. The first-order valence-corrected chi connectivity index (χ1v) is 11.1. The Hall–Kier alpha value is -4.10. The van der Waals surface area contributed by atoms with Gasteiger partial charge in [-0.3, -0.25) is 14.7 Å². The molecule has 170 valence electrons. The summed E-state index contributed by atoms with van der Waals surface area (Å²) in [5.41, 5.74) is 4.51. The summed E-state index contributed by atoms with van der Waals surface area (Å²) in [6, 6.07) is 13.5. The third kappa shape index (κ3) is 3.41. The van der Waals surface area contributed by atoms with Crippen molar-refractivity contribution < 1.29 is 19.0 Å². The summed E-state index contributed by atoms with van der Waals surface area (Å²) in [6.45, 7) is 1.79. The van der Waals surface area contributed by atoms with Gasteiger partial charge in [0.15, 0.2) is 5.76 Å². The van der Waals surface area contributed by atoms with Gasteiger partial charge in [0.25, 0.3) is 0 Å². The minimum absolute atomic E-state index is 0.123. The second-order valence-electron chi connectivity index (χ2n) is 8.56. The molecule has 7 heteroatoms. The first kappa shape index (κ1) is 20.5. The van der Waals surface area contributed by atoms with Crippen LogP contribution in [0.25, 0.3) is 17.0 Å². The van der Waals surface area contributed by atoms with Crippen molar-refractivity contribution in [3.63, 3.8) is 0 Å². The number of benzene rings is 2. The first-order chi connectivity index (χ1) is 16.6. The molecule has 0 fully saturated rings. The maximum Gasteiger partial charge on any atom is 0.231 e. The van der Waals surface area contributed by atoms with E-state index in [-0.39, 0.29) is 5.78 Å². The Morgan fingerprint density at radius 3 is 2.94 bits per heavy atom. The minimum atomic E-state index is -0.123. The predicted molar refractivity (Wildman–Crippen MR) is 128 cm³/mol. The van der Waals surface area contributed by atoms with E-state index >= 15 is 0 Å². The van der Waals surface area contributed by atoms with Gasteiger partial charge in [0.05, 0.1) is 18.2 Å². The zero-order chi connectivity index (χ0) is 23.2. The van der Waals surface area contributed by atoms with E-state index in [4.69, 9.17) is 14.2 Å². The Morgan fingerprint density at radius 1 is 1.21 bits per heavy atom. The quantitative estimate of drug-likeness (QED) is 0.423. The van der Waals surface area contributed by atoms with Crippen molar-refractivity contribution in [2.75, 3.05) is 13.8 Å². The summed E-state index contributed by atoms with van der Waals surface area (Å²) in [4.78, 5) is 19.6. The van der Waals surface area contributed by atoms with E-state index in [0.717, 1.165) is 39.1 Å². The standard InChI is InChI=1S/C27H23N3O4/c1-29-14-18(21-11-19(32-2)5-7-23(21)29)10-25-26(31)20-6-8-24-22(27(20)34-25)15-30(16-33-24)13-17-4-3-9-28-12-17/h3-12,14H,13,15-16H2,1-2H3/b25-10-. The number of nitrogens with zero attached hydrogens (tertiary/aromatic N) is 3. The zero-order valence-electron chi connectivity index (χ0n) is 18.9. The van der Waals surface area contributed by atoms with Crippen LogP contribution in [0.3, 0.4) is 0 Å². The Bertz CT molecular complexity index is 1460. The van der Waals surface area contributed by atoms with Crippen LogP contribution in [0.5, 0.6) is 17.2 Å². The lowest BCUT2D eigenvalue weighted by Crippen LogP contribution is -2.31. The van der Waals surface area contributed by atoms with Gasteiger partial charge in [-0.2, -0.15) is 0 Å². The fourth-order valence-electron chi connectivity index (χ4n) is 4.64. The molecule has 2 aromatic carbocycles. The van der Waals surface area contributed by atoms with E-state index in [0.29, 0.717) is 36.9 Å². The van der Waals surface area contributed by atoms with Crippen molar-refractivity contribution in [3.8, 4) is 17.2 Å². The van der Waals surface area contributed by atoms with Gasteiger partial charge < -0.3 is 18.8 Å². The highest BCUT2D eigenvalue weighted by Crippen LogP contribution is 2.42. The van der Waals surface area contributed by atoms with E-state index < -0.39 is 0 Å². The van der Waals surface area contributed by atoms with Gasteiger partial charge in [-0.05, 0) is 48.0 Å². The van der Waals surface area contributed by atoms with E-state index in [1.165, 1.54) is 0 Å². The van der Waals surface area contributed by atoms with Gasteiger partial charge in [-0.15, -0.1) is 0 Å². The number of methoxy groups -OCH3 is 1. The third-order valence-corrected chi connectivity index (χ3v) is 6.33. The van der Waals surface area contributed by atoms with E-state index in [1.54, 1.807) is 19.4 Å². The Labute approximate surface area is 196 Å². The van der Waals surface area contributed by atoms with E-state index in [1.807, 2.05) is 66.5 Å². The predicted octanol–water partition coefficient (Wildman–Crippen LogP) is 4.55. The van der Waals surface area contributed by atoms with Crippen LogP contribution in [-0.2, 0) is 20.1 Å². The van der Waals surface area contributed by atoms with Gasteiger partial charge in [0, 0.05) is 55.2 Å². The molecule has 4 aromatic rings. The maximum absolute atomic E-state index is 13.2. The number of allylic oxidation sites excluding steroid dienone is 1. The number of fused-ring (bicyclic) bond motifs is 4. The average Bonchev–Trinajstić information content (AvgIpc) is 3.35. The van der Waals surface area contributed by atoms with Crippen LogP contribution >= 0.6 is 0 Å². The van der Waals surface area contributed by atoms with Crippen molar-refractivity contribution >= 4 is 22.8 Å². The van der Waals surface area contributed by atoms with Crippen LogP contribution < -0.4 is 14.2 Å².